The highest BCUT2D eigenvalue weighted by molar-refractivity contribution is 7.99. The molecule has 10 heteroatoms. The first-order chi connectivity index (χ1) is 15.6. The summed E-state index contributed by atoms with van der Waals surface area (Å²) in [5.41, 5.74) is 2.43. The van der Waals surface area contributed by atoms with E-state index in [0.29, 0.717) is 23.9 Å². The number of nitrogens with one attached hydrogen (secondary N) is 2. The number of anilines is 2. The molecule has 0 radical (unpaired) electrons. The van der Waals surface area contributed by atoms with Crippen LogP contribution in [0.25, 0.3) is 11.3 Å². The highest BCUT2D eigenvalue weighted by Crippen LogP contribution is 2.25. The third-order valence-electron chi connectivity index (χ3n) is 4.52. The predicted molar refractivity (Wildman–Crippen MR) is 126 cm³/mol. The van der Waals surface area contributed by atoms with E-state index in [1.807, 2.05) is 47.2 Å². The first kappa shape index (κ1) is 22.0. The number of carbonyl (C=O) groups is 1. The Labute approximate surface area is 193 Å². The fourth-order valence-corrected chi connectivity index (χ4v) is 4.56. The Bertz CT molecular complexity index is 1190. The second kappa shape index (κ2) is 10.4. The molecule has 0 saturated heterocycles. The number of carbonyl (C=O) groups excluding carboxylic acids is 1. The summed E-state index contributed by atoms with van der Waals surface area (Å²) in [6.45, 7) is 3.14. The fourth-order valence-electron chi connectivity index (χ4n) is 3.02. The summed E-state index contributed by atoms with van der Waals surface area (Å²) >= 11 is 2.83. The largest absolute Gasteiger partial charge is 0.354 e. The highest BCUT2D eigenvalue weighted by atomic mass is 32.2. The predicted octanol–water partition coefficient (Wildman–Crippen LogP) is 4.90. The summed E-state index contributed by atoms with van der Waals surface area (Å²) in [7, 11) is 0. The van der Waals surface area contributed by atoms with Crippen molar-refractivity contribution < 1.29 is 9.18 Å². The Morgan fingerprint density at radius 3 is 2.78 bits per heavy atom. The van der Waals surface area contributed by atoms with Gasteiger partial charge in [-0.1, -0.05) is 48.2 Å². The molecule has 0 unspecified atom stereocenters. The van der Waals surface area contributed by atoms with Crippen molar-refractivity contribution in [2.45, 2.75) is 25.2 Å². The van der Waals surface area contributed by atoms with Crippen molar-refractivity contribution in [2.75, 3.05) is 16.4 Å². The first-order valence-electron chi connectivity index (χ1n) is 9.97. The minimum atomic E-state index is -0.394. The Hall–Kier alpha value is -3.24. The molecule has 4 rings (SSSR count). The van der Waals surface area contributed by atoms with Crippen LogP contribution in [0.1, 0.15) is 12.7 Å². The zero-order valence-corrected chi connectivity index (χ0v) is 18.9. The monoisotopic (exact) mass is 468 g/mol. The van der Waals surface area contributed by atoms with E-state index in [0.717, 1.165) is 22.2 Å². The van der Waals surface area contributed by atoms with Gasteiger partial charge in [-0.15, -0.1) is 21.5 Å². The summed E-state index contributed by atoms with van der Waals surface area (Å²) in [6, 6.07) is 15.8. The Balaban J connectivity index is 1.34. The topological polar surface area (TPSA) is 84.7 Å². The minimum Gasteiger partial charge on any atom is -0.354 e. The Kier molecular flexibility index (Phi) is 7.13. The van der Waals surface area contributed by atoms with Crippen LogP contribution < -0.4 is 10.6 Å². The van der Waals surface area contributed by atoms with Gasteiger partial charge in [0, 0.05) is 23.2 Å². The molecule has 7 nitrogen and oxygen atoms in total. The summed E-state index contributed by atoms with van der Waals surface area (Å²) in [6.07, 6.45) is 0. The van der Waals surface area contributed by atoms with Gasteiger partial charge in [0.25, 0.3) is 0 Å². The summed E-state index contributed by atoms with van der Waals surface area (Å²) < 4.78 is 15.2. The lowest BCUT2D eigenvalue weighted by Crippen LogP contribution is -2.15. The van der Waals surface area contributed by atoms with E-state index in [9.17, 15) is 9.18 Å². The number of rotatable bonds is 9. The number of thioether (sulfide) groups is 1. The van der Waals surface area contributed by atoms with E-state index in [4.69, 9.17) is 0 Å². The van der Waals surface area contributed by atoms with Crippen LogP contribution in [0.4, 0.5) is 15.2 Å². The molecule has 0 spiro atoms. The molecule has 0 aliphatic carbocycles. The van der Waals surface area contributed by atoms with E-state index in [1.54, 1.807) is 12.1 Å². The molecule has 0 aliphatic rings. The molecule has 164 valence electrons. The van der Waals surface area contributed by atoms with Crippen molar-refractivity contribution in [3.05, 3.63) is 71.6 Å². The van der Waals surface area contributed by atoms with E-state index in [1.165, 1.54) is 35.2 Å². The molecule has 2 aromatic carbocycles. The van der Waals surface area contributed by atoms with Crippen LogP contribution in [-0.4, -0.2) is 31.4 Å². The smallest absolute Gasteiger partial charge is 0.234 e. The summed E-state index contributed by atoms with van der Waals surface area (Å²) in [5, 5.41) is 17.9. The van der Waals surface area contributed by atoms with Crippen LogP contribution in [0.15, 0.2) is 65.1 Å². The molecule has 0 fully saturated rings. The van der Waals surface area contributed by atoms with Crippen molar-refractivity contribution in [2.24, 2.45) is 0 Å². The molecule has 1 amide bonds. The zero-order valence-electron chi connectivity index (χ0n) is 17.3. The molecule has 32 heavy (non-hydrogen) atoms. The number of nitrogens with zero attached hydrogens (tertiary/aromatic N) is 4. The van der Waals surface area contributed by atoms with Gasteiger partial charge in [-0.3, -0.25) is 4.79 Å². The quantitative estimate of drug-likeness (QED) is 0.340. The van der Waals surface area contributed by atoms with Crippen LogP contribution in [0, 0.1) is 5.82 Å². The van der Waals surface area contributed by atoms with Gasteiger partial charge in [0.2, 0.25) is 5.91 Å². The number of hydrogen-bond acceptors (Lipinski definition) is 7. The van der Waals surface area contributed by atoms with E-state index < -0.39 is 5.82 Å². The zero-order chi connectivity index (χ0) is 22.3. The van der Waals surface area contributed by atoms with Crippen LogP contribution in [0.5, 0.6) is 0 Å². The normalized spacial score (nSPS) is 10.8. The maximum atomic E-state index is 13.3. The fraction of sp³-hybridized carbons (Fsp3) is 0.182. The second-order valence-electron chi connectivity index (χ2n) is 6.75. The second-order valence-corrected chi connectivity index (χ2v) is 8.55. The summed E-state index contributed by atoms with van der Waals surface area (Å²) in [4.78, 5) is 16.8. The van der Waals surface area contributed by atoms with Gasteiger partial charge in [0.15, 0.2) is 16.1 Å². The number of aromatic nitrogens is 4. The maximum absolute atomic E-state index is 13.3. The maximum Gasteiger partial charge on any atom is 0.234 e. The van der Waals surface area contributed by atoms with Gasteiger partial charge in [0.1, 0.15) is 5.82 Å². The number of hydrogen-bond donors (Lipinski definition) is 2. The number of halogens is 1. The van der Waals surface area contributed by atoms with Gasteiger partial charge in [-0.2, -0.15) is 0 Å². The van der Waals surface area contributed by atoms with E-state index >= 15 is 0 Å². The van der Waals surface area contributed by atoms with Crippen LogP contribution in [0.3, 0.4) is 0 Å². The number of thiazole rings is 1. The first-order valence-corrected chi connectivity index (χ1v) is 11.8. The molecule has 2 N–H and O–H groups in total. The number of amides is 1. The highest BCUT2D eigenvalue weighted by Gasteiger charge is 2.14. The molecular formula is C22H21FN6OS2. The van der Waals surface area contributed by atoms with Crippen molar-refractivity contribution in [1.29, 1.82) is 0 Å². The lowest BCUT2D eigenvalue weighted by atomic mass is 10.2. The Morgan fingerprint density at radius 1 is 1.16 bits per heavy atom. The van der Waals surface area contributed by atoms with Crippen molar-refractivity contribution in [3.8, 4) is 11.3 Å². The lowest BCUT2D eigenvalue weighted by Gasteiger charge is -2.08. The van der Waals surface area contributed by atoms with Crippen LogP contribution >= 0.6 is 23.1 Å². The molecular weight excluding hydrogens is 447 g/mol. The van der Waals surface area contributed by atoms with E-state index in [-0.39, 0.29) is 11.7 Å². The molecule has 0 bridgehead atoms. The van der Waals surface area contributed by atoms with Gasteiger partial charge in [0.05, 0.1) is 18.0 Å². The van der Waals surface area contributed by atoms with Gasteiger partial charge < -0.3 is 15.2 Å². The molecule has 0 atom stereocenters. The van der Waals surface area contributed by atoms with Gasteiger partial charge in [-0.05, 0) is 25.1 Å². The summed E-state index contributed by atoms with van der Waals surface area (Å²) in [5.74, 6) is 0.281. The van der Waals surface area contributed by atoms with Gasteiger partial charge in [-0.25, -0.2) is 9.37 Å². The SMILES string of the molecule is CCn1c(CNc2nc(-c3ccccc3)cs2)nnc1SCC(=O)Nc1cccc(F)c1. The van der Waals surface area contributed by atoms with Crippen LogP contribution in [-0.2, 0) is 17.9 Å². The molecule has 4 aromatic rings. The number of benzene rings is 2. The molecule has 0 aliphatic heterocycles. The van der Waals surface area contributed by atoms with Crippen LogP contribution in [0.2, 0.25) is 0 Å². The van der Waals surface area contributed by atoms with Gasteiger partial charge >= 0.3 is 0 Å². The van der Waals surface area contributed by atoms with Crippen molar-refractivity contribution in [1.82, 2.24) is 19.7 Å². The third kappa shape index (κ3) is 5.51. The lowest BCUT2D eigenvalue weighted by molar-refractivity contribution is -0.113. The van der Waals surface area contributed by atoms with Crippen molar-refractivity contribution >= 4 is 39.8 Å². The standard InChI is InChI=1S/C22H21FN6OS2/c1-2-29-19(12-24-21-26-18(13-31-21)15-7-4-3-5-8-15)27-28-22(29)32-14-20(30)25-17-10-6-9-16(23)11-17/h3-11,13H,2,12,14H2,1H3,(H,24,26)(H,25,30). The minimum absolute atomic E-state index is 0.148. The third-order valence-corrected chi connectivity index (χ3v) is 6.29. The molecule has 2 heterocycles. The average Bonchev–Trinajstić information content (AvgIpc) is 3.43. The van der Waals surface area contributed by atoms with E-state index in [2.05, 4.69) is 25.8 Å². The average molecular weight is 469 g/mol. The molecule has 2 aromatic heterocycles. The van der Waals surface area contributed by atoms with Crippen molar-refractivity contribution in [3.63, 3.8) is 0 Å². The Morgan fingerprint density at radius 2 is 2.00 bits per heavy atom. The molecule has 0 saturated carbocycles.